The average Bonchev–Trinajstić information content (AvgIpc) is 2.66. The van der Waals surface area contributed by atoms with Crippen LogP contribution in [0.1, 0.15) is 101 Å². The maximum absolute atomic E-state index is 15.1. The summed E-state index contributed by atoms with van der Waals surface area (Å²) in [5, 5.41) is 0. The molecular weight excluding hydrogens is 364 g/mol. The van der Waals surface area contributed by atoms with E-state index in [9.17, 15) is 13.2 Å². The van der Waals surface area contributed by atoms with Crippen molar-refractivity contribution >= 4 is 0 Å². The van der Waals surface area contributed by atoms with Crippen molar-refractivity contribution in [3.05, 3.63) is 34.6 Å². The molecule has 0 amide bonds. The van der Waals surface area contributed by atoms with Crippen LogP contribution in [0.5, 0.6) is 0 Å². The van der Waals surface area contributed by atoms with Gasteiger partial charge in [0, 0.05) is 0 Å². The molecule has 0 N–H and O–H groups in total. The van der Waals surface area contributed by atoms with Crippen molar-refractivity contribution in [2.45, 2.75) is 96.6 Å². The van der Waals surface area contributed by atoms with E-state index in [-0.39, 0.29) is 17.0 Å². The minimum atomic E-state index is -4.63. The van der Waals surface area contributed by atoms with Gasteiger partial charge in [-0.15, -0.1) is 0 Å². The van der Waals surface area contributed by atoms with Crippen LogP contribution in [-0.2, 0) is 12.6 Å². The number of benzene rings is 1. The van der Waals surface area contributed by atoms with Crippen LogP contribution in [0.2, 0.25) is 0 Å². The second-order valence-corrected chi connectivity index (χ2v) is 9.29. The summed E-state index contributed by atoms with van der Waals surface area (Å²) in [5.41, 5.74) is -0.557. The van der Waals surface area contributed by atoms with Crippen molar-refractivity contribution in [2.24, 2.45) is 17.8 Å². The maximum atomic E-state index is 15.1. The largest absolute Gasteiger partial charge is 0.419 e. The molecule has 0 atom stereocenters. The summed E-state index contributed by atoms with van der Waals surface area (Å²) < 4.78 is 56.3. The number of halogens is 4. The van der Waals surface area contributed by atoms with Crippen molar-refractivity contribution in [1.82, 2.24) is 0 Å². The third-order valence-electron chi connectivity index (χ3n) is 7.36. The molecule has 158 valence electrons. The summed E-state index contributed by atoms with van der Waals surface area (Å²) in [6.45, 7) is 4.38. The van der Waals surface area contributed by atoms with Crippen LogP contribution in [-0.4, -0.2) is 0 Å². The Morgan fingerprint density at radius 2 is 1.50 bits per heavy atom. The molecule has 4 heteroatoms. The molecular formula is C24H34F4. The van der Waals surface area contributed by atoms with E-state index in [0.29, 0.717) is 18.3 Å². The van der Waals surface area contributed by atoms with Gasteiger partial charge in [-0.2, -0.15) is 13.2 Å². The first kappa shape index (κ1) is 21.6. The Morgan fingerprint density at radius 1 is 0.893 bits per heavy atom. The highest BCUT2D eigenvalue weighted by Gasteiger charge is 2.39. The normalized spacial score (nSPS) is 29.1. The summed E-state index contributed by atoms with van der Waals surface area (Å²) >= 11 is 0. The Kier molecular flexibility index (Phi) is 7.09. The SMILES string of the molecule is CCC1CCC(c2ccc(CCC3CCC(C)CC3)c(C(F)(F)F)c2F)CC1. The third kappa shape index (κ3) is 5.10. The highest BCUT2D eigenvalue weighted by molar-refractivity contribution is 5.38. The van der Waals surface area contributed by atoms with E-state index < -0.39 is 17.6 Å². The van der Waals surface area contributed by atoms with Gasteiger partial charge >= 0.3 is 6.18 Å². The molecule has 0 bridgehead atoms. The zero-order chi connectivity index (χ0) is 20.3. The predicted molar refractivity (Wildman–Crippen MR) is 106 cm³/mol. The number of rotatable bonds is 5. The topological polar surface area (TPSA) is 0 Å². The summed E-state index contributed by atoms with van der Waals surface area (Å²) in [7, 11) is 0. The highest BCUT2D eigenvalue weighted by atomic mass is 19.4. The molecule has 0 aliphatic heterocycles. The standard InChI is InChI=1S/C24H34F4/c1-3-17-8-11-19(12-9-17)21-15-14-20(22(23(21)25)24(26,27)28)13-10-18-6-4-16(2)5-7-18/h14-19H,3-13H2,1-2H3. The Hall–Kier alpha value is -1.06. The predicted octanol–water partition coefficient (Wildman–Crippen LogP) is 8.29. The molecule has 28 heavy (non-hydrogen) atoms. The van der Waals surface area contributed by atoms with Gasteiger partial charge < -0.3 is 0 Å². The van der Waals surface area contributed by atoms with Crippen molar-refractivity contribution in [2.75, 3.05) is 0 Å². The summed E-state index contributed by atoms with van der Waals surface area (Å²) in [6.07, 6.45) is 5.59. The molecule has 1 aromatic carbocycles. The van der Waals surface area contributed by atoms with Crippen LogP contribution in [0.25, 0.3) is 0 Å². The fourth-order valence-electron chi connectivity index (χ4n) is 5.32. The van der Waals surface area contributed by atoms with Crippen LogP contribution >= 0.6 is 0 Å². The molecule has 0 heterocycles. The molecule has 2 fully saturated rings. The summed E-state index contributed by atoms with van der Waals surface area (Å²) in [5.74, 6) is 0.768. The van der Waals surface area contributed by atoms with Gasteiger partial charge in [0.05, 0.1) is 5.56 Å². The minimum Gasteiger partial charge on any atom is -0.206 e. The molecule has 0 spiro atoms. The number of hydrogen-bond acceptors (Lipinski definition) is 0. The van der Waals surface area contributed by atoms with Crippen molar-refractivity contribution in [3.63, 3.8) is 0 Å². The molecule has 0 nitrogen and oxygen atoms in total. The average molecular weight is 399 g/mol. The second-order valence-electron chi connectivity index (χ2n) is 9.29. The van der Waals surface area contributed by atoms with Gasteiger partial charge in [0.25, 0.3) is 0 Å². The Morgan fingerprint density at radius 3 is 2.07 bits per heavy atom. The van der Waals surface area contributed by atoms with Crippen LogP contribution in [0.15, 0.2) is 12.1 Å². The van der Waals surface area contributed by atoms with E-state index in [2.05, 4.69) is 13.8 Å². The van der Waals surface area contributed by atoms with Crippen LogP contribution in [0, 0.1) is 23.6 Å². The van der Waals surface area contributed by atoms with Gasteiger partial charge in [0.2, 0.25) is 0 Å². The first-order valence-corrected chi connectivity index (χ1v) is 11.2. The Labute approximate surface area is 167 Å². The van der Waals surface area contributed by atoms with Crippen LogP contribution < -0.4 is 0 Å². The fraction of sp³-hybridized carbons (Fsp3) is 0.750. The molecule has 2 aliphatic rings. The molecule has 0 aromatic heterocycles. The molecule has 2 aliphatic carbocycles. The number of hydrogen-bond donors (Lipinski definition) is 0. The molecule has 2 saturated carbocycles. The van der Waals surface area contributed by atoms with Crippen LogP contribution in [0.4, 0.5) is 17.6 Å². The Balaban J connectivity index is 1.76. The van der Waals surface area contributed by atoms with Crippen molar-refractivity contribution < 1.29 is 17.6 Å². The lowest BCUT2D eigenvalue weighted by Crippen LogP contribution is -2.19. The van der Waals surface area contributed by atoms with Gasteiger partial charge in [0.1, 0.15) is 5.82 Å². The van der Waals surface area contributed by atoms with E-state index >= 15 is 4.39 Å². The van der Waals surface area contributed by atoms with E-state index in [4.69, 9.17) is 0 Å². The fourth-order valence-corrected chi connectivity index (χ4v) is 5.32. The second kappa shape index (κ2) is 9.17. The van der Waals surface area contributed by atoms with Crippen molar-refractivity contribution in [3.8, 4) is 0 Å². The lowest BCUT2D eigenvalue weighted by Gasteiger charge is -2.29. The first-order chi connectivity index (χ1) is 13.3. The van der Waals surface area contributed by atoms with Gasteiger partial charge in [0.15, 0.2) is 0 Å². The minimum absolute atomic E-state index is 0.0715. The van der Waals surface area contributed by atoms with Gasteiger partial charge in [-0.3, -0.25) is 0 Å². The van der Waals surface area contributed by atoms with E-state index in [1.165, 1.54) is 0 Å². The Bertz CT molecular complexity index is 633. The number of aryl methyl sites for hydroxylation is 1. The van der Waals surface area contributed by atoms with Crippen molar-refractivity contribution in [1.29, 1.82) is 0 Å². The lowest BCUT2D eigenvalue weighted by atomic mass is 9.76. The molecule has 0 unspecified atom stereocenters. The van der Waals surface area contributed by atoms with Gasteiger partial charge in [-0.05, 0) is 73.3 Å². The van der Waals surface area contributed by atoms with E-state index in [0.717, 1.165) is 70.1 Å². The zero-order valence-electron chi connectivity index (χ0n) is 17.3. The zero-order valence-corrected chi connectivity index (χ0v) is 17.3. The van der Waals surface area contributed by atoms with Crippen LogP contribution in [0.3, 0.4) is 0 Å². The molecule has 1 aromatic rings. The molecule has 0 radical (unpaired) electrons. The van der Waals surface area contributed by atoms with Gasteiger partial charge in [-0.1, -0.05) is 58.1 Å². The van der Waals surface area contributed by atoms with E-state index in [1.54, 1.807) is 12.1 Å². The third-order valence-corrected chi connectivity index (χ3v) is 7.36. The quantitative estimate of drug-likeness (QED) is 0.438. The summed E-state index contributed by atoms with van der Waals surface area (Å²) in [4.78, 5) is 0. The lowest BCUT2D eigenvalue weighted by molar-refractivity contribution is -0.140. The first-order valence-electron chi connectivity index (χ1n) is 11.2. The smallest absolute Gasteiger partial charge is 0.206 e. The monoisotopic (exact) mass is 398 g/mol. The van der Waals surface area contributed by atoms with Gasteiger partial charge in [-0.25, -0.2) is 4.39 Å². The highest BCUT2D eigenvalue weighted by Crippen LogP contribution is 2.43. The molecule has 0 saturated heterocycles. The number of alkyl halides is 3. The maximum Gasteiger partial charge on any atom is 0.419 e. The molecule has 3 rings (SSSR count). The summed E-state index contributed by atoms with van der Waals surface area (Å²) in [6, 6.07) is 3.22. The van der Waals surface area contributed by atoms with E-state index in [1.807, 2.05) is 0 Å².